The van der Waals surface area contributed by atoms with Crippen molar-refractivity contribution < 1.29 is 0 Å². The van der Waals surface area contributed by atoms with Gasteiger partial charge in [-0.3, -0.25) is 4.90 Å². The molecule has 0 heterocycles. The Kier molecular flexibility index (Phi) is 4.70. The molecule has 100 valence electrons. The number of anilines is 1. The number of nitrogens with zero attached hydrogens (tertiary/aromatic N) is 1. The standard InChI is InChI=1S/C15H16Cl2N2/c1-19(9-11-3-2-4-13(16)7-11)10-12-8-14(17)5-6-15(12)18/h2-8H,9-10,18H2,1H3. The number of benzene rings is 2. The molecule has 0 radical (unpaired) electrons. The number of nitrogen functional groups attached to an aromatic ring is 1. The minimum absolute atomic E-state index is 0.709. The molecule has 0 fully saturated rings. The number of halogens is 2. The zero-order valence-electron chi connectivity index (χ0n) is 10.7. The van der Waals surface area contributed by atoms with Gasteiger partial charge in [-0.15, -0.1) is 0 Å². The van der Waals surface area contributed by atoms with Gasteiger partial charge in [0.15, 0.2) is 0 Å². The van der Waals surface area contributed by atoms with Gasteiger partial charge in [0.2, 0.25) is 0 Å². The molecule has 0 aliphatic heterocycles. The molecule has 0 bridgehead atoms. The summed E-state index contributed by atoms with van der Waals surface area (Å²) in [4.78, 5) is 2.17. The van der Waals surface area contributed by atoms with Crippen LogP contribution in [0, 0.1) is 0 Å². The molecule has 0 aliphatic rings. The fourth-order valence-corrected chi connectivity index (χ4v) is 2.41. The van der Waals surface area contributed by atoms with E-state index in [1.807, 2.05) is 37.4 Å². The fraction of sp³-hybridized carbons (Fsp3) is 0.200. The average Bonchev–Trinajstić information content (AvgIpc) is 2.34. The van der Waals surface area contributed by atoms with Crippen LogP contribution in [0.5, 0.6) is 0 Å². The zero-order valence-corrected chi connectivity index (χ0v) is 12.2. The summed E-state index contributed by atoms with van der Waals surface area (Å²) in [5, 5.41) is 1.47. The summed E-state index contributed by atoms with van der Waals surface area (Å²) in [5.74, 6) is 0. The Morgan fingerprint density at radius 2 is 1.74 bits per heavy atom. The van der Waals surface area contributed by atoms with Gasteiger partial charge in [0.1, 0.15) is 0 Å². The Morgan fingerprint density at radius 1 is 1.00 bits per heavy atom. The van der Waals surface area contributed by atoms with Crippen LogP contribution in [0.1, 0.15) is 11.1 Å². The third-order valence-electron chi connectivity index (χ3n) is 2.89. The van der Waals surface area contributed by atoms with Crippen molar-refractivity contribution >= 4 is 28.9 Å². The topological polar surface area (TPSA) is 29.3 Å². The molecule has 2 nitrogen and oxygen atoms in total. The van der Waals surface area contributed by atoms with Crippen LogP contribution in [-0.4, -0.2) is 11.9 Å². The van der Waals surface area contributed by atoms with E-state index in [0.29, 0.717) is 5.02 Å². The van der Waals surface area contributed by atoms with Gasteiger partial charge < -0.3 is 5.73 Å². The highest BCUT2D eigenvalue weighted by atomic mass is 35.5. The van der Waals surface area contributed by atoms with E-state index in [2.05, 4.69) is 11.0 Å². The van der Waals surface area contributed by atoms with Gasteiger partial charge in [0.05, 0.1) is 0 Å². The number of hydrogen-bond donors (Lipinski definition) is 1. The fourth-order valence-electron chi connectivity index (χ4n) is 2.00. The molecule has 19 heavy (non-hydrogen) atoms. The van der Waals surface area contributed by atoms with E-state index < -0.39 is 0 Å². The Morgan fingerprint density at radius 3 is 2.47 bits per heavy atom. The monoisotopic (exact) mass is 294 g/mol. The molecule has 4 heteroatoms. The lowest BCUT2D eigenvalue weighted by Gasteiger charge is -2.18. The van der Waals surface area contributed by atoms with Crippen molar-refractivity contribution in [2.45, 2.75) is 13.1 Å². The first-order valence-electron chi connectivity index (χ1n) is 6.01. The first-order valence-corrected chi connectivity index (χ1v) is 6.77. The largest absolute Gasteiger partial charge is 0.398 e. The van der Waals surface area contributed by atoms with Crippen LogP contribution in [0.4, 0.5) is 5.69 Å². The van der Waals surface area contributed by atoms with Crippen LogP contribution in [0.3, 0.4) is 0 Å². The number of nitrogens with two attached hydrogens (primary N) is 1. The summed E-state index contributed by atoms with van der Waals surface area (Å²) in [6, 6.07) is 13.4. The van der Waals surface area contributed by atoms with Crippen LogP contribution in [0.15, 0.2) is 42.5 Å². The van der Waals surface area contributed by atoms with Crippen molar-refractivity contribution in [2.24, 2.45) is 0 Å². The van der Waals surface area contributed by atoms with E-state index in [-0.39, 0.29) is 0 Å². The number of rotatable bonds is 4. The van der Waals surface area contributed by atoms with Crippen molar-refractivity contribution in [3.63, 3.8) is 0 Å². The van der Waals surface area contributed by atoms with Gasteiger partial charge in [-0.25, -0.2) is 0 Å². The second-order valence-electron chi connectivity index (χ2n) is 4.65. The molecule has 0 aromatic heterocycles. The SMILES string of the molecule is CN(Cc1cccc(Cl)c1)Cc1cc(Cl)ccc1N. The molecule has 0 spiro atoms. The van der Waals surface area contributed by atoms with Crippen LogP contribution in [-0.2, 0) is 13.1 Å². The second kappa shape index (κ2) is 6.29. The molecule has 0 atom stereocenters. The molecule has 2 rings (SSSR count). The summed E-state index contributed by atoms with van der Waals surface area (Å²) < 4.78 is 0. The quantitative estimate of drug-likeness (QED) is 0.856. The van der Waals surface area contributed by atoms with E-state index in [1.54, 1.807) is 6.07 Å². The van der Waals surface area contributed by atoms with Crippen molar-refractivity contribution in [3.05, 3.63) is 63.6 Å². The third-order valence-corrected chi connectivity index (χ3v) is 3.36. The second-order valence-corrected chi connectivity index (χ2v) is 5.52. The van der Waals surface area contributed by atoms with Crippen molar-refractivity contribution in [3.8, 4) is 0 Å². The minimum Gasteiger partial charge on any atom is -0.398 e. The van der Waals surface area contributed by atoms with E-state index in [1.165, 1.54) is 5.56 Å². The van der Waals surface area contributed by atoms with E-state index in [4.69, 9.17) is 28.9 Å². The van der Waals surface area contributed by atoms with Crippen LogP contribution in [0.2, 0.25) is 10.0 Å². The van der Waals surface area contributed by atoms with Gasteiger partial charge >= 0.3 is 0 Å². The third kappa shape index (κ3) is 4.13. The van der Waals surface area contributed by atoms with Gasteiger partial charge in [-0.05, 0) is 48.5 Å². The highest BCUT2D eigenvalue weighted by Crippen LogP contribution is 2.20. The Labute approximate surface area is 123 Å². The van der Waals surface area contributed by atoms with Crippen LogP contribution in [0.25, 0.3) is 0 Å². The lowest BCUT2D eigenvalue weighted by molar-refractivity contribution is 0.319. The molecule has 0 saturated heterocycles. The smallest absolute Gasteiger partial charge is 0.0410 e. The highest BCUT2D eigenvalue weighted by molar-refractivity contribution is 6.31. The molecule has 0 saturated carbocycles. The maximum Gasteiger partial charge on any atom is 0.0410 e. The summed E-state index contributed by atoms with van der Waals surface area (Å²) >= 11 is 12.0. The summed E-state index contributed by atoms with van der Waals surface area (Å²) in [7, 11) is 2.04. The highest BCUT2D eigenvalue weighted by Gasteiger charge is 2.06. The Hall–Kier alpha value is -1.22. The Bertz CT molecular complexity index is 570. The van der Waals surface area contributed by atoms with E-state index in [0.717, 1.165) is 29.4 Å². The lowest BCUT2D eigenvalue weighted by Crippen LogP contribution is -2.18. The maximum absolute atomic E-state index is 5.99. The van der Waals surface area contributed by atoms with Crippen LogP contribution >= 0.6 is 23.2 Å². The normalized spacial score (nSPS) is 10.9. The lowest BCUT2D eigenvalue weighted by atomic mass is 10.1. The van der Waals surface area contributed by atoms with E-state index in [9.17, 15) is 0 Å². The first kappa shape index (κ1) is 14.2. The summed E-state index contributed by atoms with van der Waals surface area (Å²) in [6.45, 7) is 1.56. The number of hydrogen-bond acceptors (Lipinski definition) is 2. The molecule has 0 amide bonds. The molecule has 2 aromatic rings. The predicted octanol–water partition coefficient (Wildman–Crippen LogP) is 4.21. The molecular weight excluding hydrogens is 279 g/mol. The molecule has 0 unspecified atom stereocenters. The minimum atomic E-state index is 0.709. The summed E-state index contributed by atoms with van der Waals surface area (Å²) in [6.07, 6.45) is 0. The van der Waals surface area contributed by atoms with Crippen molar-refractivity contribution in [1.29, 1.82) is 0 Å². The average molecular weight is 295 g/mol. The molecule has 0 aliphatic carbocycles. The summed E-state index contributed by atoms with van der Waals surface area (Å²) in [5.41, 5.74) is 8.93. The van der Waals surface area contributed by atoms with Crippen molar-refractivity contribution in [2.75, 3.05) is 12.8 Å². The van der Waals surface area contributed by atoms with Gasteiger partial charge in [-0.2, -0.15) is 0 Å². The maximum atomic E-state index is 5.99. The van der Waals surface area contributed by atoms with Gasteiger partial charge in [-0.1, -0.05) is 35.3 Å². The molecule has 2 aromatic carbocycles. The van der Waals surface area contributed by atoms with Gasteiger partial charge in [0, 0.05) is 28.8 Å². The van der Waals surface area contributed by atoms with Gasteiger partial charge in [0.25, 0.3) is 0 Å². The zero-order chi connectivity index (χ0) is 13.8. The predicted molar refractivity (Wildman–Crippen MR) is 82.5 cm³/mol. The van der Waals surface area contributed by atoms with E-state index >= 15 is 0 Å². The Balaban J connectivity index is 2.05. The van der Waals surface area contributed by atoms with Crippen LogP contribution < -0.4 is 5.73 Å². The van der Waals surface area contributed by atoms with Crippen molar-refractivity contribution in [1.82, 2.24) is 4.90 Å². The molecular formula is C15H16Cl2N2. The first-order chi connectivity index (χ1) is 9.04. The molecule has 2 N–H and O–H groups in total.